The van der Waals surface area contributed by atoms with Gasteiger partial charge in [0.15, 0.2) is 8.38 Å². The maximum Gasteiger partial charge on any atom is 0.238 e. The Balaban J connectivity index is 2.38. The Morgan fingerprint density at radius 3 is 2.14 bits per heavy atom. The first kappa shape index (κ1) is 22.6. The minimum absolute atomic E-state index is 0.0933. The lowest BCUT2D eigenvalue weighted by Crippen LogP contribution is -2.39. The van der Waals surface area contributed by atoms with Gasteiger partial charge in [0.05, 0.1) is 13.2 Å². The van der Waals surface area contributed by atoms with Crippen LogP contribution >= 0.6 is 20.0 Å². The highest BCUT2D eigenvalue weighted by Gasteiger charge is 2.31. The van der Waals surface area contributed by atoms with E-state index >= 15 is 0 Å². The molecule has 0 aliphatic rings. The van der Waals surface area contributed by atoms with Gasteiger partial charge in [0.1, 0.15) is 11.7 Å². The van der Waals surface area contributed by atoms with E-state index in [-0.39, 0.29) is 17.6 Å². The fraction of sp³-hybridized carbons (Fsp3) is 0.318. The van der Waals surface area contributed by atoms with Crippen LogP contribution in [0.5, 0.6) is 0 Å². The zero-order valence-corrected chi connectivity index (χ0v) is 18.0. The first-order valence-corrected chi connectivity index (χ1v) is 11.1. The zero-order chi connectivity index (χ0) is 20.2. The van der Waals surface area contributed by atoms with Crippen LogP contribution in [0.15, 0.2) is 66.7 Å². The Morgan fingerprint density at radius 1 is 1.04 bits per heavy atom. The van der Waals surface area contributed by atoms with Gasteiger partial charge >= 0.3 is 0 Å². The summed E-state index contributed by atoms with van der Waals surface area (Å²) in [5, 5.41) is 0. The highest BCUT2D eigenvalue weighted by Crippen LogP contribution is 2.46. The average Bonchev–Trinajstić information content (AvgIpc) is 2.74. The van der Waals surface area contributed by atoms with E-state index in [1.54, 1.807) is 4.90 Å². The molecule has 28 heavy (non-hydrogen) atoms. The molecule has 1 amide bonds. The maximum absolute atomic E-state index is 12.7. The van der Waals surface area contributed by atoms with Gasteiger partial charge in [-0.25, -0.2) is 0 Å². The highest BCUT2D eigenvalue weighted by molar-refractivity contribution is 7.48. The van der Waals surface area contributed by atoms with E-state index in [2.05, 4.69) is 0 Å². The van der Waals surface area contributed by atoms with Gasteiger partial charge < -0.3 is 13.9 Å². The number of hydrogen-bond donors (Lipinski definition) is 0. The summed E-state index contributed by atoms with van der Waals surface area (Å²) in [5.74, 6) is -0.592. The number of alkyl halides is 1. The van der Waals surface area contributed by atoms with Gasteiger partial charge in [-0.15, -0.1) is 11.6 Å². The Labute approximate surface area is 174 Å². The molecule has 0 bridgehead atoms. The monoisotopic (exact) mass is 419 g/mol. The minimum atomic E-state index is -1.33. The molecule has 0 aliphatic heterocycles. The molecule has 0 radical (unpaired) electrons. The van der Waals surface area contributed by atoms with Gasteiger partial charge in [-0.1, -0.05) is 72.8 Å². The Kier molecular flexibility index (Phi) is 10.2. The van der Waals surface area contributed by atoms with Crippen LogP contribution in [-0.2, 0) is 20.4 Å². The lowest BCUT2D eigenvalue weighted by molar-refractivity contribution is -0.129. The number of halogens is 1. The number of carbonyl (C=O) groups excluding carboxylic acids is 1. The molecule has 0 N–H and O–H groups in total. The van der Waals surface area contributed by atoms with E-state index in [4.69, 9.17) is 20.6 Å². The van der Waals surface area contributed by atoms with E-state index < -0.39 is 8.38 Å². The molecule has 0 aromatic heterocycles. The number of rotatable bonds is 11. The average molecular weight is 420 g/mol. The third-order valence-electron chi connectivity index (χ3n) is 3.94. The molecule has 4 nitrogen and oxygen atoms in total. The summed E-state index contributed by atoms with van der Waals surface area (Å²) in [7, 11) is -1.33. The summed E-state index contributed by atoms with van der Waals surface area (Å²) < 4.78 is 11.8. The predicted molar refractivity (Wildman–Crippen MR) is 117 cm³/mol. The van der Waals surface area contributed by atoms with E-state index in [0.717, 1.165) is 11.1 Å². The second-order valence-corrected chi connectivity index (χ2v) is 7.83. The topological polar surface area (TPSA) is 38.8 Å². The van der Waals surface area contributed by atoms with E-state index in [0.29, 0.717) is 19.8 Å². The van der Waals surface area contributed by atoms with Gasteiger partial charge in [0.25, 0.3) is 0 Å². The third kappa shape index (κ3) is 7.03. The van der Waals surface area contributed by atoms with Crippen molar-refractivity contribution in [3.63, 3.8) is 0 Å². The van der Waals surface area contributed by atoms with Crippen molar-refractivity contribution < 1.29 is 13.8 Å². The SMILES string of the molecule is CCOP(OCC)C(/C=C/c1ccccc1)N(Cc1ccccc1)C(=O)CCl. The second-order valence-electron chi connectivity index (χ2n) is 5.95. The third-order valence-corrected chi connectivity index (χ3v) is 6.08. The van der Waals surface area contributed by atoms with Gasteiger partial charge in [-0.2, -0.15) is 0 Å². The molecule has 1 unspecified atom stereocenters. The van der Waals surface area contributed by atoms with E-state index in [1.165, 1.54) is 0 Å². The molecule has 2 aromatic rings. The van der Waals surface area contributed by atoms with Crippen molar-refractivity contribution in [2.75, 3.05) is 19.1 Å². The van der Waals surface area contributed by atoms with Crippen molar-refractivity contribution >= 4 is 32.0 Å². The summed E-state index contributed by atoms with van der Waals surface area (Å²) in [4.78, 5) is 14.5. The van der Waals surface area contributed by atoms with Gasteiger partial charge in [-0.05, 0) is 25.0 Å². The maximum atomic E-state index is 12.7. The Bertz CT molecular complexity index is 721. The van der Waals surface area contributed by atoms with Crippen molar-refractivity contribution in [3.05, 3.63) is 77.9 Å². The fourth-order valence-electron chi connectivity index (χ4n) is 2.68. The molecule has 0 heterocycles. The van der Waals surface area contributed by atoms with Crippen LogP contribution in [0.1, 0.15) is 25.0 Å². The lowest BCUT2D eigenvalue weighted by Gasteiger charge is -2.33. The van der Waals surface area contributed by atoms with Crippen LogP contribution in [-0.4, -0.2) is 35.7 Å². The molecule has 0 aliphatic carbocycles. The van der Waals surface area contributed by atoms with Crippen LogP contribution in [0.2, 0.25) is 0 Å². The quantitative estimate of drug-likeness (QED) is 0.347. The summed E-state index contributed by atoms with van der Waals surface area (Å²) in [5.41, 5.74) is 2.08. The standard InChI is InChI=1S/C22H27ClNO3P/c1-3-26-28(27-4-2)22(16-15-19-11-7-5-8-12-19)24(21(25)17-23)18-20-13-9-6-10-14-20/h5-16,22H,3-4,17-18H2,1-2H3/b16-15+. The molecule has 1 atom stereocenters. The number of carbonyl (C=O) groups is 1. The highest BCUT2D eigenvalue weighted by atomic mass is 35.5. The molecular weight excluding hydrogens is 393 g/mol. The van der Waals surface area contributed by atoms with Crippen molar-refractivity contribution in [2.45, 2.75) is 26.2 Å². The molecule has 150 valence electrons. The summed E-state index contributed by atoms with van der Waals surface area (Å²) in [6.07, 6.45) is 3.98. The first-order valence-electron chi connectivity index (χ1n) is 9.37. The van der Waals surface area contributed by atoms with Crippen LogP contribution in [0.3, 0.4) is 0 Å². The van der Waals surface area contributed by atoms with Gasteiger partial charge in [-0.3, -0.25) is 4.79 Å². The fourth-order valence-corrected chi connectivity index (χ4v) is 4.39. The lowest BCUT2D eigenvalue weighted by atomic mass is 10.2. The smallest absolute Gasteiger partial charge is 0.238 e. The largest absolute Gasteiger partial charge is 0.333 e. The van der Waals surface area contributed by atoms with Crippen LogP contribution in [0.25, 0.3) is 6.08 Å². The molecule has 0 saturated heterocycles. The molecule has 0 fully saturated rings. The normalized spacial score (nSPS) is 12.4. The van der Waals surface area contributed by atoms with Crippen molar-refractivity contribution in [1.29, 1.82) is 0 Å². The van der Waals surface area contributed by atoms with E-state index in [1.807, 2.05) is 86.7 Å². The first-order chi connectivity index (χ1) is 13.7. The zero-order valence-electron chi connectivity index (χ0n) is 16.3. The van der Waals surface area contributed by atoms with Crippen molar-refractivity contribution in [1.82, 2.24) is 4.90 Å². The second kappa shape index (κ2) is 12.7. The molecular formula is C22H27ClNO3P. The van der Waals surface area contributed by atoms with Gasteiger partial charge in [0, 0.05) is 6.54 Å². The number of amides is 1. The minimum Gasteiger partial charge on any atom is -0.333 e. The molecule has 2 rings (SSSR count). The number of hydrogen-bond acceptors (Lipinski definition) is 3. The molecule has 0 spiro atoms. The van der Waals surface area contributed by atoms with E-state index in [9.17, 15) is 4.79 Å². The van der Waals surface area contributed by atoms with Crippen molar-refractivity contribution in [2.24, 2.45) is 0 Å². The van der Waals surface area contributed by atoms with Crippen LogP contribution in [0.4, 0.5) is 0 Å². The van der Waals surface area contributed by atoms with Crippen molar-refractivity contribution in [3.8, 4) is 0 Å². The summed E-state index contributed by atoms with van der Waals surface area (Å²) >= 11 is 5.94. The molecule has 0 saturated carbocycles. The molecule has 6 heteroatoms. The van der Waals surface area contributed by atoms with Crippen LogP contribution in [0, 0.1) is 0 Å². The Hall–Kier alpha value is -1.71. The van der Waals surface area contributed by atoms with Crippen LogP contribution < -0.4 is 0 Å². The summed E-state index contributed by atoms with van der Waals surface area (Å²) in [6, 6.07) is 19.8. The Morgan fingerprint density at radius 2 is 1.61 bits per heavy atom. The number of benzene rings is 2. The summed E-state index contributed by atoms with van der Waals surface area (Å²) in [6.45, 7) is 5.31. The number of nitrogens with zero attached hydrogens (tertiary/aromatic N) is 1. The predicted octanol–water partition coefficient (Wildman–Crippen LogP) is 5.68. The van der Waals surface area contributed by atoms with Gasteiger partial charge in [0.2, 0.25) is 5.91 Å². The molecule has 2 aromatic carbocycles.